The zero-order valence-electron chi connectivity index (χ0n) is 20.1. The predicted molar refractivity (Wildman–Crippen MR) is 141 cm³/mol. The van der Waals surface area contributed by atoms with Gasteiger partial charge in [0.05, 0.1) is 0 Å². The Morgan fingerprint density at radius 3 is 1.50 bits per heavy atom. The van der Waals surface area contributed by atoms with Crippen LogP contribution in [0.25, 0.3) is 0 Å². The highest BCUT2D eigenvalue weighted by Crippen LogP contribution is 2.21. The normalized spacial score (nSPS) is 14.3. The number of ketones is 1. The second kappa shape index (κ2) is 16.4. The van der Waals surface area contributed by atoms with Crippen molar-refractivity contribution in [1.29, 1.82) is 0 Å². The van der Waals surface area contributed by atoms with Crippen LogP contribution in [0.2, 0.25) is 0 Å². The summed E-state index contributed by atoms with van der Waals surface area (Å²) in [5.41, 5.74) is 9.92. The summed E-state index contributed by atoms with van der Waals surface area (Å²) >= 11 is 0. The molecule has 0 unspecified atom stereocenters. The van der Waals surface area contributed by atoms with Gasteiger partial charge in [-0.25, -0.2) is 0 Å². The summed E-state index contributed by atoms with van der Waals surface area (Å²) in [5.74, 6) is -0.0499. The number of carbonyl (C=O) groups excluding carboxylic acids is 4. The number of carbonyl (C=O) groups is 4. The Bertz CT molecular complexity index is 862. The number of hydrogen-bond acceptors (Lipinski definition) is 14. The lowest BCUT2D eigenvalue weighted by molar-refractivity contribution is -0.116. The summed E-state index contributed by atoms with van der Waals surface area (Å²) in [6.07, 6.45) is 2.51. The first-order valence-electron chi connectivity index (χ1n) is 11.4. The molecular formula is C19H31N11O4S2. The molecule has 0 bridgehead atoms. The molecule has 2 aliphatic heterocycles. The quantitative estimate of drug-likeness (QED) is 0.0892. The highest BCUT2D eigenvalue weighted by molar-refractivity contribution is 8.76. The lowest BCUT2D eigenvalue weighted by Gasteiger charge is -2.14. The number of hydrogen-bond donors (Lipinski definition) is 7. The molecule has 0 fully saturated rings. The van der Waals surface area contributed by atoms with Crippen LogP contribution in [0, 0.1) is 0 Å². The molecule has 2 heterocycles. The SMILES string of the molecule is CCCNC(=O)C1=NNC(C(=O)CCCSSCCNC(=O)C2=NNC(C(=O)NCCC)=NN2)=NN1. The van der Waals surface area contributed by atoms with Gasteiger partial charge in [-0.15, -0.1) is 15.3 Å². The number of nitrogens with one attached hydrogen (secondary N) is 7. The Hall–Kier alpha value is -3.34. The number of hydrazone groups is 4. The van der Waals surface area contributed by atoms with Crippen molar-refractivity contribution in [3.8, 4) is 0 Å². The molecule has 0 aromatic carbocycles. The Morgan fingerprint density at radius 2 is 1.06 bits per heavy atom. The molecule has 2 rings (SSSR count). The minimum atomic E-state index is -0.446. The zero-order valence-corrected chi connectivity index (χ0v) is 21.7. The fourth-order valence-electron chi connectivity index (χ4n) is 2.43. The fraction of sp³-hybridized carbons (Fsp3) is 0.579. The highest BCUT2D eigenvalue weighted by Gasteiger charge is 2.20. The number of nitrogens with zero attached hydrogens (tertiary/aromatic N) is 4. The van der Waals surface area contributed by atoms with Gasteiger partial charge in [0.2, 0.25) is 29.1 Å². The van der Waals surface area contributed by atoms with Crippen molar-refractivity contribution in [3.63, 3.8) is 0 Å². The maximum atomic E-state index is 12.2. The van der Waals surface area contributed by atoms with Crippen molar-refractivity contribution in [3.05, 3.63) is 0 Å². The topological polar surface area (TPSA) is 202 Å². The molecule has 17 heteroatoms. The number of amides is 3. The van der Waals surface area contributed by atoms with Crippen molar-refractivity contribution in [2.75, 3.05) is 31.1 Å². The molecule has 0 aromatic heterocycles. The molecule has 0 saturated carbocycles. The van der Waals surface area contributed by atoms with Gasteiger partial charge in [0, 0.05) is 37.6 Å². The van der Waals surface area contributed by atoms with Gasteiger partial charge < -0.3 is 16.0 Å². The molecule has 0 radical (unpaired) electrons. The molecule has 36 heavy (non-hydrogen) atoms. The van der Waals surface area contributed by atoms with E-state index in [4.69, 9.17) is 0 Å². The average molecular weight is 542 g/mol. The van der Waals surface area contributed by atoms with Gasteiger partial charge in [-0.2, -0.15) is 5.10 Å². The summed E-state index contributed by atoms with van der Waals surface area (Å²) in [7, 11) is 3.14. The third-order valence-corrected chi connectivity index (χ3v) is 6.75. The summed E-state index contributed by atoms with van der Waals surface area (Å²) in [4.78, 5) is 47.8. The van der Waals surface area contributed by atoms with Crippen LogP contribution in [0.4, 0.5) is 0 Å². The molecule has 0 spiro atoms. The van der Waals surface area contributed by atoms with Crippen molar-refractivity contribution in [1.82, 2.24) is 37.7 Å². The van der Waals surface area contributed by atoms with E-state index in [2.05, 4.69) is 58.1 Å². The van der Waals surface area contributed by atoms with Gasteiger partial charge in [0.25, 0.3) is 17.7 Å². The van der Waals surface area contributed by atoms with Gasteiger partial charge in [-0.1, -0.05) is 35.4 Å². The van der Waals surface area contributed by atoms with Crippen molar-refractivity contribution in [2.45, 2.75) is 39.5 Å². The second-order valence-corrected chi connectivity index (χ2v) is 9.93. The lowest BCUT2D eigenvalue weighted by atomic mass is 10.2. The van der Waals surface area contributed by atoms with E-state index >= 15 is 0 Å². The first-order chi connectivity index (χ1) is 17.5. The minimum absolute atomic E-state index is 0.00828. The first-order valence-corrected chi connectivity index (χ1v) is 13.9. The third kappa shape index (κ3) is 10.1. The standard InChI is InChI=1S/C19H31N11O4S2/c1-3-7-20-17(32)14-25-23-13(24-26-14)12(31)6-5-10-35-36-11-9-22-19(34)16-29-27-15(28-30-16)18(33)21-8-4-2/h3-11H2,1-2H3,(H,20,32)(H,21,33)(H,22,34)(H,23,24)(H,25,26)(H,27,28)(H,29,30). The van der Waals surface area contributed by atoms with Gasteiger partial charge in [0.15, 0.2) is 0 Å². The smallest absolute Gasteiger partial charge is 0.290 e. The second-order valence-electron chi connectivity index (χ2n) is 7.23. The van der Waals surface area contributed by atoms with Crippen LogP contribution in [0.1, 0.15) is 39.5 Å². The molecule has 2 aliphatic rings. The Kier molecular flexibility index (Phi) is 13.1. The van der Waals surface area contributed by atoms with E-state index in [-0.39, 0.29) is 35.5 Å². The van der Waals surface area contributed by atoms with Crippen molar-refractivity contribution in [2.24, 2.45) is 20.4 Å². The molecule has 198 valence electrons. The molecule has 0 atom stereocenters. The molecule has 0 aliphatic carbocycles. The average Bonchev–Trinajstić information content (AvgIpc) is 2.91. The van der Waals surface area contributed by atoms with Crippen LogP contribution in [0.5, 0.6) is 0 Å². The predicted octanol–water partition coefficient (Wildman–Crippen LogP) is -1.47. The minimum Gasteiger partial charge on any atom is -0.349 e. The molecule has 0 aromatic rings. The maximum absolute atomic E-state index is 12.2. The van der Waals surface area contributed by atoms with Gasteiger partial charge in [-0.05, 0) is 19.3 Å². The first kappa shape index (κ1) is 28.9. The van der Waals surface area contributed by atoms with E-state index in [1.807, 2.05) is 13.8 Å². The maximum Gasteiger partial charge on any atom is 0.290 e. The lowest BCUT2D eigenvalue weighted by Crippen LogP contribution is -2.48. The van der Waals surface area contributed by atoms with Crippen LogP contribution in [0.3, 0.4) is 0 Å². The molecule has 15 nitrogen and oxygen atoms in total. The number of Topliss-reactive ketones (excluding diaryl/α,β-unsaturated/α-hetero) is 1. The Balaban J connectivity index is 1.51. The van der Waals surface area contributed by atoms with Crippen LogP contribution in [-0.4, -0.2) is 78.0 Å². The summed E-state index contributed by atoms with van der Waals surface area (Å²) in [5, 5.41) is 23.3. The van der Waals surface area contributed by atoms with E-state index in [1.165, 1.54) is 0 Å². The van der Waals surface area contributed by atoms with E-state index in [1.54, 1.807) is 21.6 Å². The summed E-state index contributed by atoms with van der Waals surface area (Å²) in [6.45, 7) is 5.31. The van der Waals surface area contributed by atoms with Crippen LogP contribution >= 0.6 is 21.6 Å². The molecular weight excluding hydrogens is 510 g/mol. The summed E-state index contributed by atoms with van der Waals surface area (Å²) in [6, 6.07) is 0. The number of rotatable bonds is 16. The molecule has 7 N–H and O–H groups in total. The molecule has 0 saturated heterocycles. The van der Waals surface area contributed by atoms with Crippen LogP contribution < -0.4 is 37.7 Å². The zero-order chi connectivity index (χ0) is 26.2. The molecule has 3 amide bonds. The Morgan fingerprint density at radius 1 is 0.639 bits per heavy atom. The van der Waals surface area contributed by atoms with E-state index < -0.39 is 17.7 Å². The monoisotopic (exact) mass is 541 g/mol. The highest BCUT2D eigenvalue weighted by atomic mass is 33.1. The Labute approximate surface area is 216 Å². The van der Waals surface area contributed by atoms with Crippen LogP contribution in [0.15, 0.2) is 20.4 Å². The van der Waals surface area contributed by atoms with Crippen LogP contribution in [-0.2, 0) is 19.2 Å². The van der Waals surface area contributed by atoms with Gasteiger partial charge in [-0.3, -0.25) is 40.9 Å². The summed E-state index contributed by atoms with van der Waals surface area (Å²) < 4.78 is 0. The van der Waals surface area contributed by atoms with Crippen molar-refractivity contribution < 1.29 is 19.2 Å². The van der Waals surface area contributed by atoms with Gasteiger partial charge >= 0.3 is 0 Å². The third-order valence-electron chi connectivity index (χ3n) is 4.26. The van der Waals surface area contributed by atoms with E-state index in [0.717, 1.165) is 18.6 Å². The van der Waals surface area contributed by atoms with Gasteiger partial charge in [0.1, 0.15) is 0 Å². The van der Waals surface area contributed by atoms with Crippen molar-refractivity contribution >= 4 is 68.4 Å². The van der Waals surface area contributed by atoms with E-state index in [0.29, 0.717) is 31.8 Å². The fourth-order valence-corrected chi connectivity index (χ4v) is 4.42. The van der Waals surface area contributed by atoms with E-state index in [9.17, 15) is 19.2 Å². The number of amidine groups is 4. The largest absolute Gasteiger partial charge is 0.349 e.